The Labute approximate surface area is 199 Å². The van der Waals surface area contributed by atoms with Gasteiger partial charge in [-0.25, -0.2) is 9.59 Å². The first-order valence-electron chi connectivity index (χ1n) is 11.1. The van der Waals surface area contributed by atoms with Crippen LogP contribution in [0.2, 0.25) is 0 Å². The lowest BCUT2D eigenvalue weighted by Gasteiger charge is -2.19. The molecule has 34 heavy (non-hydrogen) atoms. The summed E-state index contributed by atoms with van der Waals surface area (Å²) in [5.74, 6) is -0.741. The molecule has 0 spiro atoms. The number of carbonyl (C=O) groups is 3. The molecule has 0 unspecified atom stereocenters. The Hall–Kier alpha value is -3.81. The zero-order valence-electron chi connectivity index (χ0n) is 19.8. The first-order chi connectivity index (χ1) is 16.2. The fourth-order valence-corrected chi connectivity index (χ4v) is 2.43. The molecule has 8 heteroatoms. The van der Waals surface area contributed by atoms with E-state index in [0.717, 1.165) is 6.08 Å². The number of hydrogen-bond acceptors (Lipinski definition) is 8. The van der Waals surface area contributed by atoms with Crippen LogP contribution in [0.3, 0.4) is 0 Å². The van der Waals surface area contributed by atoms with Crippen LogP contribution in [0.1, 0.15) is 50.4 Å². The molecule has 2 aromatic carbocycles. The molecular formula is C26H30N2O6. The van der Waals surface area contributed by atoms with Crippen molar-refractivity contribution < 1.29 is 28.6 Å². The number of unbranched alkanes of at least 4 members (excludes halogenated alkanes) is 1. The van der Waals surface area contributed by atoms with Crippen molar-refractivity contribution in [1.29, 1.82) is 0 Å². The molecule has 0 fully saturated rings. The molecule has 0 heterocycles. The highest BCUT2D eigenvalue weighted by Gasteiger charge is 2.27. The van der Waals surface area contributed by atoms with E-state index in [9.17, 15) is 14.4 Å². The highest BCUT2D eigenvalue weighted by molar-refractivity contribution is 5.89. The third-order valence-electron chi connectivity index (χ3n) is 5.05. The molecule has 8 nitrogen and oxygen atoms in total. The largest absolute Gasteiger partial charge is 0.463 e. The van der Waals surface area contributed by atoms with E-state index < -0.39 is 17.4 Å². The third-order valence-corrected chi connectivity index (χ3v) is 5.05. The predicted molar refractivity (Wildman–Crippen MR) is 127 cm³/mol. The Kier molecular flexibility index (Phi) is 10.1. The average Bonchev–Trinajstić information content (AvgIpc) is 2.85. The molecule has 0 amide bonds. The molecule has 0 aliphatic rings. The SMILES string of the molecule is C=CC(=O)OCCCCOC(=O)c1ccc(N=Nc2ccc(OC(=O)C(C)(C)CC)cc2)cc1. The molecule has 0 atom stereocenters. The summed E-state index contributed by atoms with van der Waals surface area (Å²) in [6, 6.07) is 13.3. The lowest BCUT2D eigenvalue weighted by molar-refractivity contribution is -0.144. The van der Waals surface area contributed by atoms with E-state index in [4.69, 9.17) is 14.2 Å². The lowest BCUT2D eigenvalue weighted by Crippen LogP contribution is -2.28. The van der Waals surface area contributed by atoms with Crippen molar-refractivity contribution in [2.45, 2.75) is 40.0 Å². The first kappa shape index (κ1) is 26.4. The van der Waals surface area contributed by atoms with Crippen LogP contribution in [0.4, 0.5) is 11.4 Å². The lowest BCUT2D eigenvalue weighted by atomic mass is 9.91. The Morgan fingerprint density at radius 1 is 0.882 bits per heavy atom. The van der Waals surface area contributed by atoms with Crippen molar-refractivity contribution in [3.63, 3.8) is 0 Å². The van der Waals surface area contributed by atoms with Crippen molar-refractivity contribution >= 4 is 29.3 Å². The Bertz CT molecular complexity index is 1010. The maximum Gasteiger partial charge on any atom is 0.338 e. The smallest absolute Gasteiger partial charge is 0.338 e. The van der Waals surface area contributed by atoms with E-state index in [0.29, 0.717) is 42.0 Å². The van der Waals surface area contributed by atoms with Crippen LogP contribution in [0.5, 0.6) is 5.75 Å². The van der Waals surface area contributed by atoms with Gasteiger partial charge in [-0.15, -0.1) is 0 Å². The van der Waals surface area contributed by atoms with E-state index >= 15 is 0 Å². The minimum absolute atomic E-state index is 0.229. The van der Waals surface area contributed by atoms with Gasteiger partial charge in [0.2, 0.25) is 0 Å². The van der Waals surface area contributed by atoms with Crippen LogP contribution in [-0.4, -0.2) is 31.1 Å². The van der Waals surface area contributed by atoms with Gasteiger partial charge >= 0.3 is 17.9 Å². The van der Waals surface area contributed by atoms with Crippen molar-refractivity contribution in [1.82, 2.24) is 0 Å². The van der Waals surface area contributed by atoms with Crippen LogP contribution in [0.15, 0.2) is 71.4 Å². The molecule has 2 rings (SSSR count). The van der Waals surface area contributed by atoms with Gasteiger partial charge in [0.25, 0.3) is 0 Å². The second-order valence-electron chi connectivity index (χ2n) is 8.08. The molecule has 0 aromatic heterocycles. The molecule has 0 aliphatic heterocycles. The van der Waals surface area contributed by atoms with Crippen LogP contribution in [0.25, 0.3) is 0 Å². The number of benzene rings is 2. The molecular weight excluding hydrogens is 436 g/mol. The summed E-state index contributed by atoms with van der Waals surface area (Å²) in [6.45, 7) is 9.43. The topological polar surface area (TPSA) is 104 Å². The fourth-order valence-electron chi connectivity index (χ4n) is 2.43. The minimum Gasteiger partial charge on any atom is -0.463 e. The van der Waals surface area contributed by atoms with Gasteiger partial charge in [0.1, 0.15) is 5.75 Å². The Balaban J connectivity index is 1.81. The van der Waals surface area contributed by atoms with Crippen LogP contribution in [0, 0.1) is 5.41 Å². The maximum absolute atomic E-state index is 12.2. The average molecular weight is 467 g/mol. The molecule has 0 bridgehead atoms. The summed E-state index contributed by atoms with van der Waals surface area (Å²) in [4.78, 5) is 35.2. The van der Waals surface area contributed by atoms with Crippen molar-refractivity contribution in [2.24, 2.45) is 15.6 Å². The van der Waals surface area contributed by atoms with E-state index in [1.54, 1.807) is 48.5 Å². The van der Waals surface area contributed by atoms with Crippen molar-refractivity contribution in [3.8, 4) is 5.75 Å². The number of azo groups is 1. The number of nitrogens with zero attached hydrogens (tertiary/aromatic N) is 2. The minimum atomic E-state index is -0.543. The van der Waals surface area contributed by atoms with Crippen molar-refractivity contribution in [2.75, 3.05) is 13.2 Å². The summed E-state index contributed by atoms with van der Waals surface area (Å²) >= 11 is 0. The van der Waals surface area contributed by atoms with E-state index in [2.05, 4.69) is 16.8 Å². The maximum atomic E-state index is 12.2. The van der Waals surface area contributed by atoms with Gasteiger partial charge in [-0.1, -0.05) is 13.5 Å². The zero-order valence-corrected chi connectivity index (χ0v) is 19.8. The fraction of sp³-hybridized carbons (Fsp3) is 0.346. The van der Waals surface area contributed by atoms with Gasteiger partial charge in [-0.05, 0) is 81.6 Å². The number of hydrogen-bond donors (Lipinski definition) is 0. The Morgan fingerprint density at radius 3 is 1.94 bits per heavy atom. The van der Waals surface area contributed by atoms with Crippen molar-refractivity contribution in [3.05, 3.63) is 66.7 Å². The number of ether oxygens (including phenoxy) is 3. The number of rotatable bonds is 12. The molecule has 0 saturated carbocycles. The van der Waals surface area contributed by atoms with Gasteiger partial charge in [-0.2, -0.15) is 10.2 Å². The van der Waals surface area contributed by atoms with Crippen LogP contribution in [-0.2, 0) is 19.1 Å². The predicted octanol–water partition coefficient (Wildman–Crippen LogP) is 6.11. The first-order valence-corrected chi connectivity index (χ1v) is 11.1. The van der Waals surface area contributed by atoms with Crippen LogP contribution < -0.4 is 4.74 Å². The summed E-state index contributed by atoms with van der Waals surface area (Å²) in [5, 5.41) is 8.31. The van der Waals surface area contributed by atoms with Gasteiger partial charge in [0.05, 0.1) is 35.6 Å². The van der Waals surface area contributed by atoms with Crippen LogP contribution >= 0.6 is 0 Å². The van der Waals surface area contributed by atoms with E-state index in [-0.39, 0.29) is 19.2 Å². The zero-order chi connectivity index (χ0) is 25.0. The normalized spacial score (nSPS) is 11.1. The monoisotopic (exact) mass is 466 g/mol. The van der Waals surface area contributed by atoms with E-state index in [1.165, 1.54) is 0 Å². The molecule has 2 aromatic rings. The molecule has 0 radical (unpaired) electrons. The second kappa shape index (κ2) is 13.0. The molecule has 0 aliphatic carbocycles. The molecule has 0 N–H and O–H groups in total. The quantitative estimate of drug-likeness (QED) is 0.123. The Morgan fingerprint density at radius 2 is 1.41 bits per heavy atom. The molecule has 180 valence electrons. The standard InChI is InChI=1S/C26H30N2O6/c1-5-23(29)32-17-7-8-18-33-24(30)19-9-11-20(12-10-19)27-28-21-13-15-22(16-14-21)34-25(31)26(3,4)6-2/h5,9-16H,1,6-8,17-18H2,2-4H3. The number of esters is 3. The molecule has 0 saturated heterocycles. The second-order valence-corrected chi connectivity index (χ2v) is 8.08. The summed E-state index contributed by atoms with van der Waals surface area (Å²) in [7, 11) is 0. The number of carbonyl (C=O) groups excluding carboxylic acids is 3. The van der Waals surface area contributed by atoms with Gasteiger partial charge in [-0.3, -0.25) is 4.79 Å². The summed E-state index contributed by atoms with van der Waals surface area (Å²) in [6.07, 6.45) is 2.96. The van der Waals surface area contributed by atoms with E-state index in [1.807, 2.05) is 20.8 Å². The summed E-state index contributed by atoms with van der Waals surface area (Å²) < 4.78 is 15.5. The highest BCUT2D eigenvalue weighted by Crippen LogP contribution is 2.26. The van der Waals surface area contributed by atoms with Gasteiger partial charge in [0.15, 0.2) is 0 Å². The third kappa shape index (κ3) is 8.61. The highest BCUT2D eigenvalue weighted by atomic mass is 16.5. The summed E-state index contributed by atoms with van der Waals surface area (Å²) in [5.41, 5.74) is 1.02. The van der Waals surface area contributed by atoms with Gasteiger partial charge in [0, 0.05) is 6.08 Å². The van der Waals surface area contributed by atoms with Gasteiger partial charge < -0.3 is 14.2 Å².